The number of aliphatic hydroxyl groups is 1. The number of carbonyl (C=O) groups excluding carboxylic acids is 1. The van der Waals surface area contributed by atoms with Crippen molar-refractivity contribution in [2.75, 3.05) is 12.3 Å². The Morgan fingerprint density at radius 1 is 1.54 bits per heavy atom. The van der Waals surface area contributed by atoms with Gasteiger partial charge in [-0.05, 0) is 32.8 Å². The van der Waals surface area contributed by atoms with Crippen LogP contribution in [0.4, 0.5) is 5.95 Å². The average molecular weight is 361 g/mol. The van der Waals surface area contributed by atoms with Gasteiger partial charge in [0.25, 0.3) is 5.56 Å². The Hall–Kier alpha value is -2.68. The molecule has 0 spiro atoms. The van der Waals surface area contributed by atoms with E-state index in [1.165, 1.54) is 6.33 Å². The number of nitrogen functional groups attached to an aromatic ring is 1. The van der Waals surface area contributed by atoms with Gasteiger partial charge in [0.05, 0.1) is 23.9 Å². The highest BCUT2D eigenvalue weighted by Gasteiger charge is 2.39. The van der Waals surface area contributed by atoms with Crippen molar-refractivity contribution in [2.45, 2.75) is 39.3 Å². The first-order chi connectivity index (χ1) is 12.1. The summed E-state index contributed by atoms with van der Waals surface area (Å²) in [5, 5.41) is 10.4. The molecule has 3 rings (SSSR count). The normalized spacial score (nSPS) is 23.5. The SMILES string of the molecule is C=C1[C@H](COC(=O)C(C)(C)C)[C@@H](O)C[C@@H]1n1cnc2c(=O)[nH]c(N)nc21. The maximum Gasteiger partial charge on any atom is 0.311 e. The molecular weight excluding hydrogens is 338 g/mol. The smallest absolute Gasteiger partial charge is 0.311 e. The van der Waals surface area contributed by atoms with Gasteiger partial charge in [0.15, 0.2) is 11.2 Å². The molecule has 9 nitrogen and oxygen atoms in total. The third-order valence-corrected chi connectivity index (χ3v) is 4.63. The van der Waals surface area contributed by atoms with Crippen molar-refractivity contribution >= 4 is 23.1 Å². The highest BCUT2D eigenvalue weighted by molar-refractivity contribution is 5.75. The van der Waals surface area contributed by atoms with E-state index in [9.17, 15) is 14.7 Å². The molecule has 2 aromatic rings. The number of fused-ring (bicyclic) bond motifs is 1. The van der Waals surface area contributed by atoms with Gasteiger partial charge in [-0.15, -0.1) is 0 Å². The van der Waals surface area contributed by atoms with Gasteiger partial charge in [0, 0.05) is 5.92 Å². The average Bonchev–Trinajstić information content (AvgIpc) is 3.06. The Bertz CT molecular complexity index is 923. The van der Waals surface area contributed by atoms with Gasteiger partial charge < -0.3 is 20.1 Å². The minimum Gasteiger partial charge on any atom is -0.465 e. The molecule has 0 aliphatic heterocycles. The van der Waals surface area contributed by atoms with E-state index in [1.807, 2.05) is 0 Å². The monoisotopic (exact) mass is 361 g/mol. The number of aliphatic hydroxyl groups excluding tert-OH is 1. The van der Waals surface area contributed by atoms with Crippen molar-refractivity contribution in [3.05, 3.63) is 28.8 Å². The van der Waals surface area contributed by atoms with Crippen LogP contribution in [-0.2, 0) is 9.53 Å². The standard InChI is InChI=1S/C17H23N5O4/c1-8-9(6-26-15(25)17(2,3)4)11(23)5-10(8)22-7-19-12-13(22)20-16(18)21-14(12)24/h7,9-11,23H,1,5-6H2,2-4H3,(H3,18,20,21,24)/t9-,10-,11-/m0/s1. The number of nitrogens with two attached hydrogens (primary N) is 1. The van der Waals surface area contributed by atoms with Gasteiger partial charge in [-0.2, -0.15) is 4.98 Å². The van der Waals surface area contributed by atoms with Crippen LogP contribution in [0.5, 0.6) is 0 Å². The first-order valence-electron chi connectivity index (χ1n) is 8.36. The number of ether oxygens (including phenoxy) is 1. The maximum absolute atomic E-state index is 12.0. The fourth-order valence-electron chi connectivity index (χ4n) is 3.10. The lowest BCUT2D eigenvalue weighted by atomic mass is 9.97. The molecule has 2 heterocycles. The lowest BCUT2D eigenvalue weighted by Crippen LogP contribution is -2.28. The summed E-state index contributed by atoms with van der Waals surface area (Å²) >= 11 is 0. The Morgan fingerprint density at radius 3 is 2.88 bits per heavy atom. The molecule has 0 aromatic carbocycles. The molecule has 0 unspecified atom stereocenters. The molecule has 0 bridgehead atoms. The number of nitrogens with zero attached hydrogens (tertiary/aromatic N) is 3. The largest absolute Gasteiger partial charge is 0.465 e. The maximum atomic E-state index is 12.0. The number of aromatic nitrogens is 4. The van der Waals surface area contributed by atoms with E-state index in [4.69, 9.17) is 10.5 Å². The fraction of sp³-hybridized carbons (Fsp3) is 0.529. The first-order valence-corrected chi connectivity index (χ1v) is 8.36. The predicted octanol–water partition coefficient (Wildman–Crippen LogP) is 0.769. The minimum atomic E-state index is -0.725. The predicted molar refractivity (Wildman–Crippen MR) is 95.3 cm³/mol. The summed E-state index contributed by atoms with van der Waals surface area (Å²) in [5.41, 5.74) is 5.78. The molecule has 0 saturated heterocycles. The number of H-pyrrole nitrogens is 1. The summed E-state index contributed by atoms with van der Waals surface area (Å²) < 4.78 is 7.03. The van der Waals surface area contributed by atoms with Crippen molar-refractivity contribution in [3.8, 4) is 0 Å². The van der Waals surface area contributed by atoms with Crippen molar-refractivity contribution in [1.29, 1.82) is 0 Å². The number of imidazole rings is 1. The molecule has 1 saturated carbocycles. The summed E-state index contributed by atoms with van der Waals surface area (Å²) in [5.74, 6) is -0.748. The molecule has 26 heavy (non-hydrogen) atoms. The van der Waals surface area contributed by atoms with Crippen LogP contribution in [0.25, 0.3) is 11.2 Å². The molecule has 0 amide bonds. The summed E-state index contributed by atoms with van der Waals surface area (Å²) in [4.78, 5) is 34.5. The molecule has 1 aliphatic rings. The van der Waals surface area contributed by atoms with Crippen molar-refractivity contribution in [3.63, 3.8) is 0 Å². The van der Waals surface area contributed by atoms with Crippen molar-refractivity contribution < 1.29 is 14.6 Å². The second kappa shape index (κ2) is 6.24. The van der Waals surface area contributed by atoms with Crippen LogP contribution in [0.1, 0.15) is 33.2 Å². The highest BCUT2D eigenvalue weighted by atomic mass is 16.5. The first kappa shape index (κ1) is 18.1. The molecule has 140 valence electrons. The van der Waals surface area contributed by atoms with Crippen molar-refractivity contribution in [1.82, 2.24) is 19.5 Å². The van der Waals surface area contributed by atoms with E-state index in [-0.39, 0.29) is 30.1 Å². The van der Waals surface area contributed by atoms with Crippen LogP contribution in [0.3, 0.4) is 0 Å². The molecule has 1 fully saturated rings. The molecular formula is C17H23N5O4. The van der Waals surface area contributed by atoms with Crippen LogP contribution in [0, 0.1) is 11.3 Å². The van der Waals surface area contributed by atoms with Gasteiger partial charge in [-0.3, -0.25) is 14.6 Å². The Labute approximate surface area is 149 Å². The summed E-state index contributed by atoms with van der Waals surface area (Å²) in [7, 11) is 0. The second-order valence-electron chi connectivity index (χ2n) is 7.62. The number of anilines is 1. The van der Waals surface area contributed by atoms with Crippen LogP contribution >= 0.6 is 0 Å². The van der Waals surface area contributed by atoms with Crippen LogP contribution < -0.4 is 11.3 Å². The molecule has 9 heteroatoms. The number of esters is 1. The van der Waals surface area contributed by atoms with Gasteiger partial charge >= 0.3 is 5.97 Å². The number of hydrogen-bond acceptors (Lipinski definition) is 7. The van der Waals surface area contributed by atoms with E-state index < -0.39 is 23.0 Å². The molecule has 1 aliphatic carbocycles. The van der Waals surface area contributed by atoms with E-state index in [2.05, 4.69) is 21.5 Å². The van der Waals surface area contributed by atoms with E-state index in [0.29, 0.717) is 17.6 Å². The number of aromatic amines is 1. The van der Waals surface area contributed by atoms with Crippen molar-refractivity contribution in [2.24, 2.45) is 11.3 Å². The quantitative estimate of drug-likeness (QED) is 0.542. The van der Waals surface area contributed by atoms with Gasteiger partial charge in [0.1, 0.15) is 6.61 Å². The highest BCUT2D eigenvalue weighted by Crippen LogP contribution is 2.40. The van der Waals surface area contributed by atoms with Gasteiger partial charge in [-0.25, -0.2) is 4.98 Å². The van der Waals surface area contributed by atoms with Crippen LogP contribution in [-0.4, -0.2) is 43.3 Å². The lowest BCUT2D eigenvalue weighted by molar-refractivity contribution is -0.154. The fourth-order valence-corrected chi connectivity index (χ4v) is 3.10. The molecule has 0 radical (unpaired) electrons. The summed E-state index contributed by atoms with van der Waals surface area (Å²) in [6, 6.07) is -0.318. The Morgan fingerprint density at radius 2 is 2.23 bits per heavy atom. The Kier molecular flexibility index (Phi) is 4.35. The van der Waals surface area contributed by atoms with Crippen LogP contribution in [0.2, 0.25) is 0 Å². The summed E-state index contributed by atoms with van der Waals surface area (Å²) in [6.07, 6.45) is 1.12. The van der Waals surface area contributed by atoms with Crippen LogP contribution in [0.15, 0.2) is 23.3 Å². The second-order valence-corrected chi connectivity index (χ2v) is 7.62. The molecule has 4 N–H and O–H groups in total. The zero-order chi connectivity index (χ0) is 19.2. The lowest BCUT2D eigenvalue weighted by Gasteiger charge is -2.21. The number of hydrogen-bond donors (Lipinski definition) is 3. The third kappa shape index (κ3) is 3.10. The topological polar surface area (TPSA) is 136 Å². The molecule has 3 atom stereocenters. The Balaban J connectivity index is 1.84. The zero-order valence-corrected chi connectivity index (χ0v) is 15.0. The van der Waals surface area contributed by atoms with E-state index in [0.717, 1.165) is 0 Å². The van der Waals surface area contributed by atoms with E-state index in [1.54, 1.807) is 25.3 Å². The number of nitrogens with one attached hydrogen (secondary N) is 1. The third-order valence-electron chi connectivity index (χ3n) is 4.63. The molecule has 2 aromatic heterocycles. The number of rotatable bonds is 3. The van der Waals surface area contributed by atoms with Gasteiger partial charge in [-0.1, -0.05) is 6.58 Å². The van der Waals surface area contributed by atoms with Gasteiger partial charge in [0.2, 0.25) is 5.95 Å². The summed E-state index contributed by atoms with van der Waals surface area (Å²) in [6.45, 7) is 9.42. The minimum absolute atomic E-state index is 0.0101. The zero-order valence-electron chi connectivity index (χ0n) is 15.0. The number of carbonyl (C=O) groups is 1. The van der Waals surface area contributed by atoms with E-state index >= 15 is 0 Å².